The molecular formula is C14H14BrNOS2. The summed E-state index contributed by atoms with van der Waals surface area (Å²) in [7, 11) is 0. The first-order chi connectivity index (χ1) is 9.28. The maximum atomic E-state index is 5.73. The first kappa shape index (κ1) is 13.4. The smallest absolute Gasteiger partial charge is 0.169 e. The molecule has 0 radical (unpaired) electrons. The molecule has 2 nitrogen and oxygen atoms in total. The van der Waals surface area contributed by atoms with Gasteiger partial charge in [-0.25, -0.2) is 0 Å². The number of furan rings is 1. The number of hydrogen-bond donors (Lipinski definition) is 1. The van der Waals surface area contributed by atoms with Crippen LogP contribution in [0.1, 0.15) is 30.0 Å². The highest BCUT2D eigenvalue weighted by Crippen LogP contribution is 2.36. The van der Waals surface area contributed by atoms with E-state index in [2.05, 4.69) is 45.7 Å². The molecule has 19 heavy (non-hydrogen) atoms. The highest BCUT2D eigenvalue weighted by molar-refractivity contribution is 9.10. The molecule has 3 aromatic rings. The molecule has 0 saturated heterocycles. The monoisotopic (exact) mass is 355 g/mol. The summed E-state index contributed by atoms with van der Waals surface area (Å²) in [6.45, 7) is 3.16. The summed E-state index contributed by atoms with van der Waals surface area (Å²) >= 11 is 7.01. The largest absolute Gasteiger partial charge is 0.452 e. The third-order valence-electron chi connectivity index (χ3n) is 2.92. The molecule has 0 amide bonds. The van der Waals surface area contributed by atoms with Gasteiger partial charge in [0.05, 0.1) is 0 Å². The van der Waals surface area contributed by atoms with E-state index in [4.69, 9.17) is 4.42 Å². The summed E-state index contributed by atoms with van der Waals surface area (Å²) in [4.78, 5) is 1.32. The lowest BCUT2D eigenvalue weighted by Gasteiger charge is -2.14. The predicted molar refractivity (Wildman–Crippen MR) is 86.2 cm³/mol. The lowest BCUT2D eigenvalue weighted by molar-refractivity contribution is 0.436. The third-order valence-corrected chi connectivity index (χ3v) is 5.50. The maximum absolute atomic E-state index is 5.73. The van der Waals surface area contributed by atoms with E-state index in [1.165, 1.54) is 14.3 Å². The van der Waals surface area contributed by atoms with Crippen molar-refractivity contribution in [3.63, 3.8) is 0 Å². The minimum Gasteiger partial charge on any atom is -0.452 e. The molecule has 100 valence electrons. The molecule has 3 heterocycles. The van der Waals surface area contributed by atoms with Crippen LogP contribution in [0.4, 0.5) is 0 Å². The van der Waals surface area contributed by atoms with Crippen LogP contribution in [0.15, 0.2) is 38.7 Å². The van der Waals surface area contributed by atoms with Gasteiger partial charge in [0.15, 0.2) is 4.67 Å². The normalized spacial score (nSPS) is 13.2. The molecule has 1 N–H and O–H groups in total. The van der Waals surface area contributed by atoms with Gasteiger partial charge in [0.2, 0.25) is 0 Å². The van der Waals surface area contributed by atoms with Gasteiger partial charge in [-0.15, -0.1) is 22.7 Å². The molecule has 3 aromatic heterocycles. The van der Waals surface area contributed by atoms with Gasteiger partial charge >= 0.3 is 0 Å². The van der Waals surface area contributed by atoms with Gasteiger partial charge in [0.25, 0.3) is 0 Å². The van der Waals surface area contributed by atoms with Crippen LogP contribution in [0.3, 0.4) is 0 Å². The van der Waals surface area contributed by atoms with Gasteiger partial charge in [-0.1, -0.05) is 6.92 Å². The minimum atomic E-state index is 0.149. The Bertz CT molecular complexity index is 641. The predicted octanol–water partition coefficient (Wildman–Crippen LogP) is 5.41. The number of rotatable bonds is 5. The van der Waals surface area contributed by atoms with Crippen LogP contribution in [-0.2, 0) is 0 Å². The van der Waals surface area contributed by atoms with E-state index in [0.29, 0.717) is 0 Å². The molecule has 0 fully saturated rings. The molecule has 0 aliphatic heterocycles. The molecule has 1 unspecified atom stereocenters. The zero-order valence-electron chi connectivity index (χ0n) is 10.5. The van der Waals surface area contributed by atoms with Crippen molar-refractivity contribution in [3.05, 3.63) is 45.0 Å². The third kappa shape index (κ3) is 2.79. The Hall–Kier alpha value is -0.620. The van der Waals surface area contributed by atoms with Crippen LogP contribution >= 0.6 is 38.6 Å². The van der Waals surface area contributed by atoms with Crippen molar-refractivity contribution >= 4 is 48.0 Å². The van der Waals surface area contributed by atoms with Crippen LogP contribution in [0.5, 0.6) is 0 Å². The SMILES string of the molecule is CCCNC(c1ccc(Br)o1)c1cc2sccc2s1. The van der Waals surface area contributed by atoms with Gasteiger partial charge in [0.1, 0.15) is 11.8 Å². The molecule has 0 spiro atoms. The van der Waals surface area contributed by atoms with Gasteiger partial charge in [-0.3, -0.25) is 0 Å². The Kier molecular flexibility index (Phi) is 4.07. The summed E-state index contributed by atoms with van der Waals surface area (Å²) < 4.78 is 9.23. The summed E-state index contributed by atoms with van der Waals surface area (Å²) in [5.41, 5.74) is 0. The molecule has 0 bridgehead atoms. The van der Waals surface area contributed by atoms with Crippen molar-refractivity contribution in [2.45, 2.75) is 19.4 Å². The second-order valence-corrected chi connectivity index (χ2v) is 7.17. The van der Waals surface area contributed by atoms with E-state index in [1.807, 2.05) is 23.5 Å². The Balaban J connectivity index is 1.96. The average Bonchev–Trinajstić information content (AvgIpc) is 3.05. The van der Waals surface area contributed by atoms with Crippen LogP contribution in [0.2, 0.25) is 0 Å². The number of nitrogens with one attached hydrogen (secondary N) is 1. The molecular weight excluding hydrogens is 342 g/mol. The van der Waals surface area contributed by atoms with Gasteiger partial charge in [-0.05, 0) is 58.5 Å². The number of fused-ring (bicyclic) bond motifs is 1. The fraction of sp³-hybridized carbons (Fsp3) is 0.286. The maximum Gasteiger partial charge on any atom is 0.169 e. The van der Waals surface area contributed by atoms with E-state index in [0.717, 1.165) is 23.4 Å². The Morgan fingerprint density at radius 1 is 1.32 bits per heavy atom. The first-order valence-corrected chi connectivity index (χ1v) is 8.72. The lowest BCUT2D eigenvalue weighted by atomic mass is 10.2. The van der Waals surface area contributed by atoms with E-state index in [1.54, 1.807) is 11.3 Å². The fourth-order valence-electron chi connectivity index (χ4n) is 2.04. The average molecular weight is 356 g/mol. The van der Waals surface area contributed by atoms with Crippen LogP contribution < -0.4 is 5.32 Å². The van der Waals surface area contributed by atoms with E-state index < -0.39 is 0 Å². The number of halogens is 1. The first-order valence-electron chi connectivity index (χ1n) is 6.23. The molecule has 5 heteroatoms. The molecule has 0 aromatic carbocycles. The zero-order valence-corrected chi connectivity index (χ0v) is 13.7. The van der Waals surface area contributed by atoms with Crippen molar-refractivity contribution < 1.29 is 4.42 Å². The summed E-state index contributed by atoms with van der Waals surface area (Å²) in [5, 5.41) is 5.71. The van der Waals surface area contributed by atoms with Crippen LogP contribution in [-0.4, -0.2) is 6.54 Å². The fourth-order valence-corrected chi connectivity index (χ4v) is 4.56. The molecule has 0 saturated carbocycles. The zero-order chi connectivity index (χ0) is 13.2. The second kappa shape index (κ2) is 5.79. The lowest BCUT2D eigenvalue weighted by Crippen LogP contribution is -2.21. The molecule has 0 aliphatic rings. The van der Waals surface area contributed by atoms with E-state index in [-0.39, 0.29) is 6.04 Å². The minimum absolute atomic E-state index is 0.149. The van der Waals surface area contributed by atoms with Gasteiger partial charge in [-0.2, -0.15) is 0 Å². The van der Waals surface area contributed by atoms with Crippen molar-refractivity contribution in [2.75, 3.05) is 6.54 Å². The van der Waals surface area contributed by atoms with Gasteiger partial charge < -0.3 is 9.73 Å². The summed E-state index contributed by atoms with van der Waals surface area (Å²) in [6, 6.07) is 8.59. The number of hydrogen-bond acceptors (Lipinski definition) is 4. The Morgan fingerprint density at radius 2 is 2.21 bits per heavy atom. The highest BCUT2D eigenvalue weighted by Gasteiger charge is 2.19. The highest BCUT2D eigenvalue weighted by atomic mass is 79.9. The topological polar surface area (TPSA) is 25.2 Å². The Morgan fingerprint density at radius 3 is 2.89 bits per heavy atom. The summed E-state index contributed by atoms with van der Waals surface area (Å²) in [6.07, 6.45) is 1.11. The molecule has 3 rings (SSSR count). The van der Waals surface area contributed by atoms with Crippen molar-refractivity contribution in [2.24, 2.45) is 0 Å². The molecule has 1 atom stereocenters. The van der Waals surface area contributed by atoms with Crippen molar-refractivity contribution in [3.8, 4) is 0 Å². The summed E-state index contributed by atoms with van der Waals surface area (Å²) in [5.74, 6) is 0.967. The van der Waals surface area contributed by atoms with Crippen LogP contribution in [0.25, 0.3) is 9.40 Å². The van der Waals surface area contributed by atoms with Crippen molar-refractivity contribution in [1.29, 1.82) is 0 Å². The number of thiophene rings is 2. The second-order valence-electron chi connectivity index (χ2n) is 4.33. The quantitative estimate of drug-likeness (QED) is 0.661. The molecule has 0 aliphatic carbocycles. The Labute approximate surface area is 128 Å². The van der Waals surface area contributed by atoms with Crippen LogP contribution in [0, 0.1) is 0 Å². The van der Waals surface area contributed by atoms with Gasteiger partial charge in [0, 0.05) is 14.3 Å². The van der Waals surface area contributed by atoms with E-state index in [9.17, 15) is 0 Å². The standard InChI is InChI=1S/C14H14BrNOS2/c1-2-6-16-14(9-3-4-13(15)17-9)12-8-11-10(19-12)5-7-18-11/h3-5,7-8,14,16H,2,6H2,1H3. The van der Waals surface area contributed by atoms with Crippen molar-refractivity contribution in [1.82, 2.24) is 5.32 Å². The van der Waals surface area contributed by atoms with E-state index >= 15 is 0 Å².